The van der Waals surface area contributed by atoms with Gasteiger partial charge in [0.15, 0.2) is 0 Å². The van der Waals surface area contributed by atoms with E-state index in [9.17, 15) is 4.79 Å². The standard InChI is InChI=1S/C14H17NO/c1-15-14(16)12-6-5-11-7-9-3-2-4-10(9)8-13(11)12/h7-8,12H,2-6H2,1H3,(H,15,16). The molecule has 0 saturated heterocycles. The molecule has 0 aliphatic heterocycles. The molecule has 2 nitrogen and oxygen atoms in total. The molecular weight excluding hydrogens is 198 g/mol. The lowest BCUT2D eigenvalue weighted by Gasteiger charge is -2.11. The molecule has 0 spiro atoms. The summed E-state index contributed by atoms with van der Waals surface area (Å²) in [6.07, 6.45) is 5.76. The second kappa shape index (κ2) is 3.62. The highest BCUT2D eigenvalue weighted by atomic mass is 16.1. The first-order chi connectivity index (χ1) is 7.79. The number of carbonyl (C=O) groups is 1. The van der Waals surface area contributed by atoms with Crippen LogP contribution in [-0.4, -0.2) is 13.0 Å². The molecule has 3 rings (SSSR count). The summed E-state index contributed by atoms with van der Waals surface area (Å²) in [6.45, 7) is 0. The minimum atomic E-state index is 0.103. The van der Waals surface area contributed by atoms with Gasteiger partial charge in [-0.1, -0.05) is 12.1 Å². The Hall–Kier alpha value is -1.31. The maximum Gasteiger partial charge on any atom is 0.227 e. The number of nitrogens with one attached hydrogen (secondary N) is 1. The van der Waals surface area contributed by atoms with Gasteiger partial charge in [0.1, 0.15) is 0 Å². The number of likely N-dealkylation sites (N-methyl/N-ethyl adjacent to an activating group) is 1. The number of rotatable bonds is 1. The Morgan fingerprint density at radius 2 is 1.94 bits per heavy atom. The fourth-order valence-electron chi connectivity index (χ4n) is 3.14. The van der Waals surface area contributed by atoms with Crippen molar-refractivity contribution in [3.05, 3.63) is 34.4 Å². The molecule has 1 atom stereocenters. The van der Waals surface area contributed by atoms with Crippen molar-refractivity contribution in [3.63, 3.8) is 0 Å². The molecule has 2 aliphatic carbocycles. The molecule has 2 heteroatoms. The lowest BCUT2D eigenvalue weighted by molar-refractivity contribution is -0.122. The summed E-state index contributed by atoms with van der Waals surface area (Å²) in [5.74, 6) is 0.280. The molecule has 0 bridgehead atoms. The molecule has 1 aromatic carbocycles. The highest BCUT2D eigenvalue weighted by Crippen LogP contribution is 2.37. The average molecular weight is 215 g/mol. The van der Waals surface area contributed by atoms with E-state index in [1.807, 2.05) is 0 Å². The van der Waals surface area contributed by atoms with E-state index >= 15 is 0 Å². The zero-order valence-electron chi connectivity index (χ0n) is 9.68. The summed E-state index contributed by atoms with van der Waals surface area (Å²) in [6, 6.07) is 4.64. The van der Waals surface area contributed by atoms with Gasteiger partial charge in [-0.15, -0.1) is 0 Å². The third kappa shape index (κ3) is 1.36. The van der Waals surface area contributed by atoms with Crippen molar-refractivity contribution in [1.29, 1.82) is 0 Å². The molecule has 1 aromatic rings. The van der Waals surface area contributed by atoms with Crippen LogP contribution in [0.5, 0.6) is 0 Å². The second-order valence-corrected chi connectivity index (χ2v) is 4.88. The largest absolute Gasteiger partial charge is 0.359 e. The minimum absolute atomic E-state index is 0.103. The number of aryl methyl sites for hydroxylation is 3. The summed E-state index contributed by atoms with van der Waals surface area (Å²) < 4.78 is 0. The molecule has 2 aliphatic rings. The Morgan fingerprint density at radius 1 is 1.19 bits per heavy atom. The van der Waals surface area contributed by atoms with Gasteiger partial charge in [-0.3, -0.25) is 4.79 Å². The summed E-state index contributed by atoms with van der Waals surface area (Å²) in [7, 11) is 1.73. The topological polar surface area (TPSA) is 29.1 Å². The maximum atomic E-state index is 11.8. The lowest BCUT2D eigenvalue weighted by atomic mass is 9.96. The van der Waals surface area contributed by atoms with E-state index in [2.05, 4.69) is 17.4 Å². The van der Waals surface area contributed by atoms with Gasteiger partial charge in [0.05, 0.1) is 5.92 Å². The molecule has 1 amide bonds. The Bertz CT molecular complexity index is 450. The maximum absolute atomic E-state index is 11.8. The quantitative estimate of drug-likeness (QED) is 0.762. The van der Waals surface area contributed by atoms with Crippen molar-refractivity contribution < 1.29 is 4.79 Å². The highest BCUT2D eigenvalue weighted by Gasteiger charge is 2.29. The van der Waals surface area contributed by atoms with E-state index in [0.29, 0.717) is 0 Å². The first-order valence-corrected chi connectivity index (χ1v) is 6.16. The fraction of sp³-hybridized carbons (Fsp3) is 0.500. The van der Waals surface area contributed by atoms with E-state index in [-0.39, 0.29) is 11.8 Å². The Morgan fingerprint density at radius 3 is 2.69 bits per heavy atom. The van der Waals surface area contributed by atoms with E-state index in [4.69, 9.17) is 0 Å². The van der Waals surface area contributed by atoms with Gasteiger partial charge in [-0.2, -0.15) is 0 Å². The van der Waals surface area contributed by atoms with Gasteiger partial charge in [-0.05, 0) is 54.4 Å². The van der Waals surface area contributed by atoms with Gasteiger partial charge in [0, 0.05) is 7.05 Å². The molecular formula is C14H17NO. The van der Waals surface area contributed by atoms with Crippen molar-refractivity contribution in [1.82, 2.24) is 5.32 Å². The molecule has 16 heavy (non-hydrogen) atoms. The summed E-state index contributed by atoms with van der Waals surface area (Å²) in [5.41, 5.74) is 5.71. The molecule has 0 saturated carbocycles. The molecule has 0 aromatic heterocycles. The number of benzene rings is 1. The highest BCUT2D eigenvalue weighted by molar-refractivity contribution is 5.84. The van der Waals surface area contributed by atoms with Gasteiger partial charge >= 0.3 is 0 Å². The van der Waals surface area contributed by atoms with Crippen LogP contribution in [0.1, 0.15) is 41.0 Å². The molecule has 0 fully saturated rings. The first-order valence-electron chi connectivity index (χ1n) is 6.16. The predicted molar refractivity (Wildman–Crippen MR) is 63.6 cm³/mol. The molecule has 1 N–H and O–H groups in total. The van der Waals surface area contributed by atoms with E-state index < -0.39 is 0 Å². The van der Waals surface area contributed by atoms with Crippen LogP contribution >= 0.6 is 0 Å². The summed E-state index contributed by atoms with van der Waals surface area (Å²) in [4.78, 5) is 11.8. The lowest BCUT2D eigenvalue weighted by Crippen LogP contribution is -2.24. The number of carbonyl (C=O) groups excluding carboxylic acids is 1. The molecule has 84 valence electrons. The van der Waals surface area contributed by atoms with Crippen LogP contribution in [0.25, 0.3) is 0 Å². The van der Waals surface area contributed by atoms with Crippen LogP contribution in [-0.2, 0) is 24.1 Å². The molecule has 0 heterocycles. The van der Waals surface area contributed by atoms with Gasteiger partial charge in [0.25, 0.3) is 0 Å². The van der Waals surface area contributed by atoms with Crippen molar-refractivity contribution in [2.24, 2.45) is 0 Å². The minimum Gasteiger partial charge on any atom is -0.359 e. The average Bonchev–Trinajstić information content (AvgIpc) is 2.90. The molecule has 1 unspecified atom stereocenters. The Kier molecular flexibility index (Phi) is 2.23. The van der Waals surface area contributed by atoms with Gasteiger partial charge in [0.2, 0.25) is 5.91 Å². The number of hydrogen-bond acceptors (Lipinski definition) is 1. The normalized spacial score (nSPS) is 21.7. The van der Waals surface area contributed by atoms with Crippen molar-refractivity contribution in [2.45, 2.75) is 38.0 Å². The van der Waals surface area contributed by atoms with Crippen molar-refractivity contribution >= 4 is 5.91 Å². The Balaban J connectivity index is 2.03. The zero-order valence-corrected chi connectivity index (χ0v) is 9.68. The van der Waals surface area contributed by atoms with Crippen LogP contribution in [0, 0.1) is 0 Å². The van der Waals surface area contributed by atoms with Gasteiger partial charge < -0.3 is 5.32 Å². The van der Waals surface area contributed by atoms with Crippen LogP contribution in [0.2, 0.25) is 0 Å². The monoisotopic (exact) mass is 215 g/mol. The van der Waals surface area contributed by atoms with E-state index in [1.165, 1.54) is 41.5 Å². The third-order valence-electron chi connectivity index (χ3n) is 3.99. The van der Waals surface area contributed by atoms with Crippen molar-refractivity contribution in [3.8, 4) is 0 Å². The van der Waals surface area contributed by atoms with Crippen LogP contribution in [0.15, 0.2) is 12.1 Å². The van der Waals surface area contributed by atoms with Crippen molar-refractivity contribution in [2.75, 3.05) is 7.05 Å². The van der Waals surface area contributed by atoms with Crippen LogP contribution in [0.4, 0.5) is 0 Å². The summed E-state index contributed by atoms with van der Waals surface area (Å²) >= 11 is 0. The van der Waals surface area contributed by atoms with E-state index in [0.717, 1.165) is 12.8 Å². The van der Waals surface area contributed by atoms with Gasteiger partial charge in [-0.25, -0.2) is 0 Å². The number of hydrogen-bond donors (Lipinski definition) is 1. The molecule has 0 radical (unpaired) electrons. The third-order valence-corrected chi connectivity index (χ3v) is 3.99. The zero-order chi connectivity index (χ0) is 11.1. The van der Waals surface area contributed by atoms with E-state index in [1.54, 1.807) is 7.05 Å². The second-order valence-electron chi connectivity index (χ2n) is 4.88. The first kappa shape index (κ1) is 9.88. The number of amides is 1. The van der Waals surface area contributed by atoms with Crippen LogP contribution in [0.3, 0.4) is 0 Å². The fourth-order valence-corrected chi connectivity index (χ4v) is 3.14. The van der Waals surface area contributed by atoms with Crippen LogP contribution < -0.4 is 5.32 Å². The predicted octanol–water partition coefficient (Wildman–Crippen LogP) is 1.95. The summed E-state index contributed by atoms with van der Waals surface area (Å²) in [5, 5.41) is 2.78. The smallest absolute Gasteiger partial charge is 0.227 e. The SMILES string of the molecule is CNC(=O)C1CCc2cc3c(cc21)CCC3. The number of fused-ring (bicyclic) bond motifs is 2. The Labute approximate surface area is 96.1 Å².